The molecule has 0 saturated carbocycles. The zero-order valence-corrected chi connectivity index (χ0v) is 32.7. The monoisotopic (exact) mass is 683 g/mol. The van der Waals surface area contributed by atoms with Gasteiger partial charge in [0, 0.05) is 35.3 Å². The maximum atomic E-state index is 13.5. The molecule has 0 saturated heterocycles. The standard InChI is InChI=1S/C29H34N7O6PS.2Na/c1-17-20(7-6-8-23(17)34-14-18-11-24(29(2,3)4)44-26(18)28(34)38)21-13-22(27(37)36(31-21)16-42-43(39,40)41)30-25-12-19-15-33(5)9-10-35(19)32-25;;/h6-8,11-13H,9-10,14-16H2,1-5H3,(H,30,32)(H2,39,40,41);;/q;2*+1/p-2. The Morgan fingerprint density at radius 1 is 1.07 bits per heavy atom. The van der Waals surface area contributed by atoms with Crippen molar-refractivity contribution in [3.63, 3.8) is 0 Å². The van der Waals surface area contributed by atoms with Crippen LogP contribution in [0.5, 0.6) is 0 Å². The molecule has 3 aromatic heterocycles. The number of thiophene rings is 1. The number of phosphoric acid groups is 1. The van der Waals surface area contributed by atoms with Crippen molar-refractivity contribution in [2.75, 3.05) is 23.8 Å². The fraction of sp³-hybridized carbons (Fsp3) is 0.379. The number of carbonyl (C=O) groups excluding carboxylic acids is 1. The van der Waals surface area contributed by atoms with E-state index in [1.54, 1.807) is 23.1 Å². The molecule has 0 fully saturated rings. The van der Waals surface area contributed by atoms with E-state index in [0.29, 0.717) is 42.4 Å². The fourth-order valence-electron chi connectivity index (χ4n) is 5.42. The predicted molar refractivity (Wildman–Crippen MR) is 163 cm³/mol. The van der Waals surface area contributed by atoms with Crippen molar-refractivity contribution in [1.82, 2.24) is 24.5 Å². The van der Waals surface area contributed by atoms with E-state index in [0.717, 1.165) is 37.8 Å². The van der Waals surface area contributed by atoms with Gasteiger partial charge in [-0.25, -0.2) is 4.68 Å². The first kappa shape index (κ1) is 37.2. The van der Waals surface area contributed by atoms with Gasteiger partial charge in [0.1, 0.15) is 12.4 Å². The van der Waals surface area contributed by atoms with Gasteiger partial charge in [-0.05, 0) is 48.7 Å². The summed E-state index contributed by atoms with van der Waals surface area (Å²) in [4.78, 5) is 55.1. The number of amides is 1. The van der Waals surface area contributed by atoms with Gasteiger partial charge in [-0.1, -0.05) is 32.9 Å². The molecule has 0 spiro atoms. The van der Waals surface area contributed by atoms with Crippen molar-refractivity contribution < 1.29 is 82.8 Å². The molecule has 232 valence electrons. The summed E-state index contributed by atoms with van der Waals surface area (Å²) >= 11 is 1.52. The molecule has 13 nitrogen and oxygen atoms in total. The van der Waals surface area contributed by atoms with Crippen LogP contribution in [0.4, 0.5) is 17.2 Å². The van der Waals surface area contributed by atoms with Gasteiger partial charge >= 0.3 is 59.1 Å². The molecule has 5 heterocycles. The first-order valence-electron chi connectivity index (χ1n) is 14.0. The number of hydrogen-bond donors (Lipinski definition) is 1. The summed E-state index contributed by atoms with van der Waals surface area (Å²) in [5, 5.41) is 11.9. The minimum Gasteiger partial charge on any atom is -0.790 e. The Balaban J connectivity index is 0.00000240. The molecule has 0 radical (unpaired) electrons. The summed E-state index contributed by atoms with van der Waals surface area (Å²) in [6, 6.07) is 10.9. The van der Waals surface area contributed by atoms with Crippen LogP contribution < -0.4 is 84.7 Å². The van der Waals surface area contributed by atoms with Crippen LogP contribution in [0.25, 0.3) is 11.3 Å². The van der Waals surface area contributed by atoms with Gasteiger partial charge in [0.25, 0.3) is 11.5 Å². The summed E-state index contributed by atoms with van der Waals surface area (Å²) in [5.74, 6) is 0.356. The van der Waals surface area contributed by atoms with E-state index in [2.05, 4.69) is 51.8 Å². The maximum absolute atomic E-state index is 13.5. The summed E-state index contributed by atoms with van der Waals surface area (Å²) in [7, 11) is -3.38. The number of nitrogens with zero attached hydrogens (tertiary/aromatic N) is 6. The zero-order valence-electron chi connectivity index (χ0n) is 27.0. The summed E-state index contributed by atoms with van der Waals surface area (Å²) in [5.41, 5.74) is 3.60. The smallest absolute Gasteiger partial charge is 0.790 e. The summed E-state index contributed by atoms with van der Waals surface area (Å²) in [6.07, 6.45) is 0. The number of benzene rings is 1. The van der Waals surface area contributed by atoms with Gasteiger partial charge in [-0.2, -0.15) is 10.2 Å². The quantitative estimate of drug-likeness (QED) is 0.157. The Labute approximate surface area is 314 Å². The Bertz CT molecular complexity index is 1900. The molecule has 1 N–H and O–H groups in total. The molecule has 1 amide bonds. The largest absolute Gasteiger partial charge is 1.00 e. The topological polar surface area (TPSA) is 161 Å². The fourth-order valence-corrected chi connectivity index (χ4v) is 6.85. The van der Waals surface area contributed by atoms with E-state index in [1.165, 1.54) is 11.3 Å². The number of rotatable bonds is 7. The number of fused-ring (bicyclic) bond motifs is 2. The molecule has 46 heavy (non-hydrogen) atoms. The summed E-state index contributed by atoms with van der Waals surface area (Å²) in [6.45, 7) is 9.99. The number of carbonyl (C=O) groups is 1. The van der Waals surface area contributed by atoms with Crippen LogP contribution in [0.1, 0.15) is 52.1 Å². The molecule has 0 unspecified atom stereocenters. The van der Waals surface area contributed by atoms with E-state index in [9.17, 15) is 23.9 Å². The predicted octanol–water partition coefficient (Wildman–Crippen LogP) is -3.07. The second-order valence-corrected chi connectivity index (χ2v) is 14.3. The first-order chi connectivity index (χ1) is 20.7. The molecule has 6 rings (SSSR count). The van der Waals surface area contributed by atoms with Crippen molar-refractivity contribution in [3.05, 3.63) is 73.3 Å². The van der Waals surface area contributed by atoms with Crippen molar-refractivity contribution in [3.8, 4) is 11.3 Å². The first-order valence-corrected chi connectivity index (χ1v) is 16.3. The van der Waals surface area contributed by atoms with E-state index >= 15 is 0 Å². The van der Waals surface area contributed by atoms with Gasteiger partial charge in [-0.15, -0.1) is 11.3 Å². The molecule has 0 aliphatic carbocycles. The van der Waals surface area contributed by atoms with Crippen LogP contribution in [-0.2, 0) is 40.9 Å². The Kier molecular flexibility index (Phi) is 11.4. The number of aromatic nitrogens is 4. The van der Waals surface area contributed by atoms with Crippen LogP contribution in [0.3, 0.4) is 0 Å². The van der Waals surface area contributed by atoms with Gasteiger partial charge < -0.3 is 29.1 Å². The third-order valence-electron chi connectivity index (χ3n) is 7.75. The average Bonchev–Trinajstić information content (AvgIpc) is 3.62. The number of anilines is 3. The van der Waals surface area contributed by atoms with Crippen molar-refractivity contribution >= 4 is 42.3 Å². The van der Waals surface area contributed by atoms with Gasteiger partial charge in [0.15, 0.2) is 5.82 Å². The molecule has 2 aliphatic heterocycles. The van der Waals surface area contributed by atoms with Gasteiger partial charge in [0.2, 0.25) is 0 Å². The molecular formula is C29H32N7Na2O6PS. The molecule has 0 atom stereocenters. The Morgan fingerprint density at radius 2 is 1.80 bits per heavy atom. The number of nitrogens with one attached hydrogen (secondary N) is 1. The second kappa shape index (κ2) is 14.1. The zero-order chi connectivity index (χ0) is 31.6. The SMILES string of the molecule is Cc1c(-c2cc(Nc3cc4n(n3)CCN(C)C4)c(=O)n(COP(=O)([O-])[O-])n2)cccc1N1Cc2cc(C(C)(C)C)sc2C1=O.[Na+].[Na+]. The Morgan fingerprint density at radius 3 is 2.48 bits per heavy atom. The third kappa shape index (κ3) is 7.64. The van der Waals surface area contributed by atoms with E-state index in [-0.39, 0.29) is 76.1 Å². The van der Waals surface area contributed by atoms with Crippen LogP contribution >= 0.6 is 19.2 Å². The summed E-state index contributed by atoms with van der Waals surface area (Å²) < 4.78 is 18.3. The average molecular weight is 684 g/mol. The van der Waals surface area contributed by atoms with Crippen molar-refractivity contribution in [1.29, 1.82) is 0 Å². The van der Waals surface area contributed by atoms with Crippen LogP contribution in [0.15, 0.2) is 41.2 Å². The van der Waals surface area contributed by atoms with Crippen LogP contribution in [0, 0.1) is 6.92 Å². The van der Waals surface area contributed by atoms with Gasteiger partial charge in [0.05, 0.1) is 37.2 Å². The maximum Gasteiger partial charge on any atom is 1.00 e. The number of hydrogen-bond acceptors (Lipinski definition) is 11. The second-order valence-electron chi connectivity index (χ2n) is 12.1. The molecule has 1 aromatic carbocycles. The molecule has 17 heteroatoms. The minimum absolute atomic E-state index is 0. The van der Waals surface area contributed by atoms with Crippen molar-refractivity contribution in [2.45, 2.75) is 59.5 Å². The molecule has 4 aromatic rings. The molecular weight excluding hydrogens is 651 g/mol. The number of likely N-dealkylation sites (N-methyl/N-ethyl adjacent to an activating group) is 1. The van der Waals surface area contributed by atoms with Crippen molar-refractivity contribution in [2.24, 2.45) is 0 Å². The van der Waals surface area contributed by atoms with E-state index in [1.807, 2.05) is 30.8 Å². The van der Waals surface area contributed by atoms with Crippen LogP contribution in [0.2, 0.25) is 0 Å². The van der Waals surface area contributed by atoms with Gasteiger partial charge in [-0.3, -0.25) is 19.2 Å². The minimum atomic E-state index is -5.39. The normalized spacial score (nSPS) is 14.8. The molecule has 0 bridgehead atoms. The molecule has 2 aliphatic rings. The van der Waals surface area contributed by atoms with E-state index < -0.39 is 20.1 Å². The third-order valence-corrected chi connectivity index (χ3v) is 9.77. The van der Waals surface area contributed by atoms with E-state index in [4.69, 9.17) is 0 Å². The Hall–Kier alpha value is -1.65. The number of phosphoric ester groups is 1. The van der Waals surface area contributed by atoms with Crippen LogP contribution in [-0.4, -0.2) is 44.0 Å².